The number of carboxylic acid groups (broad SMARTS) is 1. The largest absolute Gasteiger partial charge is 0.508 e. The molecule has 0 aliphatic carbocycles. The van der Waals surface area contributed by atoms with Crippen LogP contribution in [0.1, 0.15) is 17.2 Å². The van der Waals surface area contributed by atoms with Crippen molar-refractivity contribution < 1.29 is 24.9 Å². The first kappa shape index (κ1) is 17.3. The predicted molar refractivity (Wildman–Crippen MR) is 86.4 cm³/mol. The summed E-state index contributed by atoms with van der Waals surface area (Å²) in [7, 11) is 0. The molecule has 0 aliphatic rings. The number of carbonyl (C=O) groups is 2. The van der Waals surface area contributed by atoms with E-state index >= 15 is 0 Å². The van der Waals surface area contributed by atoms with Gasteiger partial charge < -0.3 is 26.4 Å². The molecule has 0 unspecified atom stereocenters. The predicted octanol–water partition coefficient (Wildman–Crippen LogP) is 0.910. The highest BCUT2D eigenvalue weighted by Crippen LogP contribution is 2.19. The van der Waals surface area contributed by atoms with Crippen molar-refractivity contribution in [3.8, 4) is 11.5 Å². The molecule has 2 rings (SSSR count). The molecule has 6 N–H and O–H groups in total. The van der Waals surface area contributed by atoms with E-state index in [0.717, 1.165) is 5.56 Å². The van der Waals surface area contributed by atoms with E-state index in [-0.39, 0.29) is 23.5 Å². The molecule has 0 radical (unpaired) electrons. The van der Waals surface area contributed by atoms with Crippen molar-refractivity contribution in [2.24, 2.45) is 5.73 Å². The molecule has 0 saturated carbocycles. The molecule has 0 saturated heterocycles. The van der Waals surface area contributed by atoms with Gasteiger partial charge in [-0.3, -0.25) is 4.79 Å². The van der Waals surface area contributed by atoms with Crippen molar-refractivity contribution in [2.75, 3.05) is 0 Å². The van der Waals surface area contributed by atoms with Gasteiger partial charge in [0.05, 0.1) is 6.04 Å². The Bertz CT molecular complexity index is 730. The standard InChI is InChI=1S/C17H18N2O5/c18-14(8-10-4-6-12(20)7-5-10)16(22)19-15(17(23)24)11-2-1-3-13(21)9-11/h1-7,9,14-15,20-21H,8,18H2,(H,19,22)(H,23,24)/t14-,15-/m0/s1. The number of phenolic OH excluding ortho intramolecular Hbond substituents is 2. The highest BCUT2D eigenvalue weighted by Gasteiger charge is 2.25. The lowest BCUT2D eigenvalue weighted by Gasteiger charge is -2.18. The minimum absolute atomic E-state index is 0.0959. The van der Waals surface area contributed by atoms with Crippen LogP contribution in [0.3, 0.4) is 0 Å². The zero-order valence-corrected chi connectivity index (χ0v) is 12.7. The maximum absolute atomic E-state index is 12.2. The summed E-state index contributed by atoms with van der Waals surface area (Å²) in [5, 5.41) is 30.4. The normalized spacial score (nSPS) is 13.0. The fourth-order valence-electron chi connectivity index (χ4n) is 2.22. The Morgan fingerprint density at radius 2 is 1.71 bits per heavy atom. The Morgan fingerprint density at radius 3 is 2.29 bits per heavy atom. The highest BCUT2D eigenvalue weighted by atomic mass is 16.4. The van der Waals surface area contributed by atoms with Crippen LogP contribution in [0, 0.1) is 0 Å². The second-order valence-electron chi connectivity index (χ2n) is 5.35. The van der Waals surface area contributed by atoms with E-state index in [1.807, 2.05) is 0 Å². The first-order valence-corrected chi connectivity index (χ1v) is 7.22. The summed E-state index contributed by atoms with van der Waals surface area (Å²) in [5.41, 5.74) is 6.81. The van der Waals surface area contributed by atoms with Gasteiger partial charge in [-0.2, -0.15) is 0 Å². The van der Waals surface area contributed by atoms with Gasteiger partial charge in [0.1, 0.15) is 11.5 Å². The third-order valence-electron chi connectivity index (χ3n) is 3.47. The van der Waals surface area contributed by atoms with Gasteiger partial charge in [0.25, 0.3) is 0 Å². The highest BCUT2D eigenvalue weighted by molar-refractivity contribution is 5.87. The quantitative estimate of drug-likeness (QED) is 0.535. The molecule has 7 heteroatoms. The van der Waals surface area contributed by atoms with E-state index in [1.54, 1.807) is 12.1 Å². The van der Waals surface area contributed by atoms with Crippen LogP contribution in [-0.4, -0.2) is 33.2 Å². The minimum atomic E-state index is -1.31. The van der Waals surface area contributed by atoms with Crippen molar-refractivity contribution in [3.05, 3.63) is 59.7 Å². The number of carboxylic acids is 1. The maximum Gasteiger partial charge on any atom is 0.330 e. The fraction of sp³-hybridized carbons (Fsp3) is 0.176. The molecule has 0 heterocycles. The number of benzene rings is 2. The van der Waals surface area contributed by atoms with Crippen molar-refractivity contribution in [3.63, 3.8) is 0 Å². The smallest absolute Gasteiger partial charge is 0.330 e. The molecule has 126 valence electrons. The number of aromatic hydroxyl groups is 2. The van der Waals surface area contributed by atoms with Crippen LogP contribution in [0.15, 0.2) is 48.5 Å². The Hall–Kier alpha value is -3.06. The molecular formula is C17H18N2O5. The number of rotatable bonds is 6. The van der Waals surface area contributed by atoms with Crippen LogP contribution >= 0.6 is 0 Å². The van der Waals surface area contributed by atoms with Gasteiger partial charge in [-0.05, 0) is 41.8 Å². The summed E-state index contributed by atoms with van der Waals surface area (Å²) in [6.07, 6.45) is 0.193. The lowest BCUT2D eigenvalue weighted by atomic mass is 10.0. The average Bonchev–Trinajstić information content (AvgIpc) is 2.54. The molecule has 2 atom stereocenters. The Kier molecular flexibility index (Phi) is 5.39. The molecular weight excluding hydrogens is 312 g/mol. The average molecular weight is 330 g/mol. The lowest BCUT2D eigenvalue weighted by molar-refractivity contribution is -0.142. The fourth-order valence-corrected chi connectivity index (χ4v) is 2.22. The van der Waals surface area contributed by atoms with Gasteiger partial charge in [-0.25, -0.2) is 4.79 Å². The second-order valence-corrected chi connectivity index (χ2v) is 5.35. The number of aliphatic carboxylic acids is 1. The zero-order chi connectivity index (χ0) is 17.7. The molecule has 0 bridgehead atoms. The molecule has 0 fully saturated rings. The van der Waals surface area contributed by atoms with Gasteiger partial charge in [-0.1, -0.05) is 24.3 Å². The van der Waals surface area contributed by atoms with Crippen molar-refractivity contribution >= 4 is 11.9 Å². The molecule has 2 aromatic carbocycles. The van der Waals surface area contributed by atoms with E-state index in [9.17, 15) is 24.9 Å². The van der Waals surface area contributed by atoms with Crippen molar-refractivity contribution in [1.29, 1.82) is 0 Å². The third kappa shape index (κ3) is 4.47. The third-order valence-corrected chi connectivity index (χ3v) is 3.47. The first-order valence-electron chi connectivity index (χ1n) is 7.22. The van der Waals surface area contributed by atoms with E-state index in [2.05, 4.69) is 5.32 Å². The Labute approximate surface area is 138 Å². The lowest BCUT2D eigenvalue weighted by Crippen LogP contribution is -2.45. The summed E-state index contributed by atoms with van der Waals surface area (Å²) in [5.74, 6) is -1.88. The first-order chi connectivity index (χ1) is 11.4. The number of hydrogen-bond donors (Lipinski definition) is 5. The number of nitrogens with one attached hydrogen (secondary N) is 1. The summed E-state index contributed by atoms with van der Waals surface area (Å²) < 4.78 is 0. The van der Waals surface area contributed by atoms with Gasteiger partial charge in [-0.15, -0.1) is 0 Å². The number of hydrogen-bond acceptors (Lipinski definition) is 5. The maximum atomic E-state index is 12.2. The summed E-state index contributed by atoms with van der Waals surface area (Å²) in [4.78, 5) is 23.6. The van der Waals surface area contributed by atoms with Crippen molar-refractivity contribution in [2.45, 2.75) is 18.5 Å². The zero-order valence-electron chi connectivity index (χ0n) is 12.7. The topological polar surface area (TPSA) is 133 Å². The van der Waals surface area contributed by atoms with Crippen LogP contribution in [0.4, 0.5) is 0 Å². The molecule has 0 spiro atoms. The SMILES string of the molecule is N[C@@H](Cc1ccc(O)cc1)C(=O)N[C@H](C(=O)O)c1cccc(O)c1. The summed E-state index contributed by atoms with van der Waals surface area (Å²) >= 11 is 0. The Morgan fingerprint density at radius 1 is 1.04 bits per heavy atom. The van der Waals surface area contributed by atoms with E-state index in [0.29, 0.717) is 0 Å². The van der Waals surface area contributed by atoms with Crippen LogP contribution in [0.2, 0.25) is 0 Å². The van der Waals surface area contributed by atoms with Crippen molar-refractivity contribution in [1.82, 2.24) is 5.32 Å². The van der Waals surface area contributed by atoms with Gasteiger partial charge in [0.15, 0.2) is 6.04 Å². The number of amides is 1. The molecule has 1 amide bonds. The summed E-state index contributed by atoms with van der Waals surface area (Å²) in [6, 6.07) is 9.61. The van der Waals surface area contributed by atoms with Crippen LogP contribution in [-0.2, 0) is 16.0 Å². The van der Waals surface area contributed by atoms with Gasteiger partial charge in [0.2, 0.25) is 5.91 Å². The van der Waals surface area contributed by atoms with Crippen LogP contribution in [0.5, 0.6) is 11.5 Å². The number of carbonyl (C=O) groups excluding carboxylic acids is 1. The summed E-state index contributed by atoms with van der Waals surface area (Å²) in [6.45, 7) is 0. The number of phenols is 2. The monoisotopic (exact) mass is 330 g/mol. The second kappa shape index (κ2) is 7.47. The molecule has 24 heavy (non-hydrogen) atoms. The van der Waals surface area contributed by atoms with Crippen LogP contribution in [0.25, 0.3) is 0 Å². The minimum Gasteiger partial charge on any atom is -0.508 e. The molecule has 0 aromatic heterocycles. The van der Waals surface area contributed by atoms with Gasteiger partial charge in [0, 0.05) is 0 Å². The number of nitrogens with two attached hydrogens (primary N) is 1. The van der Waals surface area contributed by atoms with E-state index in [1.165, 1.54) is 36.4 Å². The van der Waals surface area contributed by atoms with Crippen LogP contribution < -0.4 is 11.1 Å². The van der Waals surface area contributed by atoms with E-state index < -0.39 is 24.0 Å². The molecule has 0 aliphatic heterocycles. The van der Waals surface area contributed by atoms with Gasteiger partial charge >= 0.3 is 5.97 Å². The molecule has 7 nitrogen and oxygen atoms in total. The molecule has 2 aromatic rings. The Balaban J connectivity index is 2.07. The van der Waals surface area contributed by atoms with E-state index in [4.69, 9.17) is 5.73 Å².